The number of nitrogens with zero attached hydrogens (tertiary/aromatic N) is 5. The predicted octanol–water partition coefficient (Wildman–Crippen LogP) is 2.86. The molecule has 6 heteroatoms. The zero-order valence-electron chi connectivity index (χ0n) is 12.5. The van der Waals surface area contributed by atoms with Crippen LogP contribution in [0, 0.1) is 24.2 Å². The van der Waals surface area contributed by atoms with E-state index >= 15 is 0 Å². The number of hydrogen-bond donors (Lipinski definition) is 0. The maximum Gasteiger partial charge on any atom is 0.210 e. The van der Waals surface area contributed by atoms with E-state index < -0.39 is 0 Å². The van der Waals surface area contributed by atoms with Crippen LogP contribution in [0.4, 0.5) is 0 Å². The summed E-state index contributed by atoms with van der Waals surface area (Å²) in [6.07, 6.45) is 0.690. The highest BCUT2D eigenvalue weighted by molar-refractivity contribution is 8.00. The molecule has 0 amide bonds. The van der Waals surface area contributed by atoms with Gasteiger partial charge in [-0.1, -0.05) is 55.4 Å². The fraction of sp³-hybridized carbons (Fsp3) is 0.467. The van der Waals surface area contributed by atoms with Gasteiger partial charge in [0.1, 0.15) is 5.25 Å². The van der Waals surface area contributed by atoms with Gasteiger partial charge >= 0.3 is 0 Å². The summed E-state index contributed by atoms with van der Waals surface area (Å²) in [6, 6.07) is 10.6. The van der Waals surface area contributed by atoms with Crippen LogP contribution in [-0.2, 0) is 13.0 Å². The summed E-state index contributed by atoms with van der Waals surface area (Å²) >= 11 is 1.43. The van der Waals surface area contributed by atoms with Gasteiger partial charge in [0.05, 0.1) is 6.07 Å². The topological polar surface area (TPSA) is 67.4 Å². The molecule has 2 aromatic rings. The van der Waals surface area contributed by atoms with Crippen LogP contribution in [0.3, 0.4) is 0 Å². The van der Waals surface area contributed by atoms with E-state index in [9.17, 15) is 5.26 Å². The zero-order chi connectivity index (χ0) is 15.2. The molecule has 0 N–H and O–H groups in total. The highest BCUT2D eigenvalue weighted by Gasteiger charge is 2.16. The molecule has 1 aromatic heterocycles. The van der Waals surface area contributed by atoms with E-state index in [1.54, 1.807) is 4.68 Å². The molecule has 0 saturated carbocycles. The van der Waals surface area contributed by atoms with Gasteiger partial charge in [-0.25, -0.2) is 4.68 Å². The van der Waals surface area contributed by atoms with Crippen molar-refractivity contribution >= 4 is 11.8 Å². The van der Waals surface area contributed by atoms with Gasteiger partial charge in [-0.3, -0.25) is 0 Å². The summed E-state index contributed by atoms with van der Waals surface area (Å²) < 4.78 is 1.77. The van der Waals surface area contributed by atoms with Crippen LogP contribution in [0.1, 0.15) is 25.0 Å². The number of aromatic nitrogens is 4. The van der Waals surface area contributed by atoms with E-state index in [0.29, 0.717) is 17.5 Å². The Hall–Kier alpha value is -1.87. The average molecular weight is 301 g/mol. The first kappa shape index (κ1) is 15.5. The molecule has 0 spiro atoms. The molecule has 0 bridgehead atoms. The van der Waals surface area contributed by atoms with Gasteiger partial charge in [-0.05, 0) is 35.3 Å². The van der Waals surface area contributed by atoms with Crippen LogP contribution in [0.5, 0.6) is 0 Å². The van der Waals surface area contributed by atoms with Crippen LogP contribution in [0.2, 0.25) is 0 Å². The highest BCUT2D eigenvalue weighted by atomic mass is 32.2. The highest BCUT2D eigenvalue weighted by Crippen LogP contribution is 2.23. The number of nitriles is 1. The molecule has 0 aliphatic carbocycles. The van der Waals surface area contributed by atoms with Crippen molar-refractivity contribution in [1.82, 2.24) is 20.2 Å². The molecule has 5 nitrogen and oxygen atoms in total. The smallest absolute Gasteiger partial charge is 0.210 e. The molecule has 110 valence electrons. The Morgan fingerprint density at radius 1 is 1.29 bits per heavy atom. The fourth-order valence-corrected chi connectivity index (χ4v) is 2.82. The normalized spacial score (nSPS) is 12.3. The standard InChI is InChI=1S/C15H19N5S/c1-11(2)10-20-15(17-18-19-20)21-14(9-16)8-13-6-4-12(3)5-7-13/h4-7,11,14H,8,10H2,1-3H3/t14-/m1/s1. The van der Waals surface area contributed by atoms with E-state index in [-0.39, 0.29) is 5.25 Å². The van der Waals surface area contributed by atoms with Gasteiger partial charge < -0.3 is 0 Å². The van der Waals surface area contributed by atoms with Crippen molar-refractivity contribution < 1.29 is 0 Å². The van der Waals surface area contributed by atoms with Crippen molar-refractivity contribution in [3.63, 3.8) is 0 Å². The first-order chi connectivity index (χ1) is 10.1. The molecule has 0 saturated heterocycles. The summed E-state index contributed by atoms with van der Waals surface area (Å²) in [5, 5.41) is 21.6. The SMILES string of the molecule is Cc1ccc(C[C@H](C#N)Sc2nnnn2CC(C)C)cc1. The van der Waals surface area contributed by atoms with E-state index in [2.05, 4.69) is 66.6 Å². The van der Waals surface area contributed by atoms with Gasteiger partial charge in [0.15, 0.2) is 0 Å². The maximum atomic E-state index is 9.36. The first-order valence-electron chi connectivity index (χ1n) is 6.96. The lowest BCUT2D eigenvalue weighted by molar-refractivity contribution is 0.445. The molecule has 0 aliphatic rings. The number of tetrazole rings is 1. The molecule has 0 fully saturated rings. The maximum absolute atomic E-state index is 9.36. The molecule has 21 heavy (non-hydrogen) atoms. The van der Waals surface area contributed by atoms with Crippen LogP contribution in [0.15, 0.2) is 29.4 Å². The number of benzene rings is 1. The summed E-state index contributed by atoms with van der Waals surface area (Å²) in [4.78, 5) is 0. The van der Waals surface area contributed by atoms with Gasteiger partial charge in [0.2, 0.25) is 5.16 Å². The molecule has 2 rings (SSSR count). The Labute approximate surface area is 129 Å². The van der Waals surface area contributed by atoms with Crippen molar-refractivity contribution in [2.45, 2.75) is 44.1 Å². The molecule has 1 heterocycles. The Balaban J connectivity index is 2.04. The molecule has 1 aromatic carbocycles. The fourth-order valence-electron chi connectivity index (χ4n) is 1.92. The quantitative estimate of drug-likeness (QED) is 0.767. The monoisotopic (exact) mass is 301 g/mol. The minimum atomic E-state index is -0.190. The van der Waals surface area contributed by atoms with Gasteiger partial charge in [0, 0.05) is 6.54 Å². The number of rotatable bonds is 6. The predicted molar refractivity (Wildman–Crippen MR) is 82.8 cm³/mol. The molecule has 0 radical (unpaired) electrons. The minimum Gasteiger partial charge on any atom is -0.220 e. The lowest BCUT2D eigenvalue weighted by atomic mass is 10.1. The summed E-state index contributed by atoms with van der Waals surface area (Å²) in [5.41, 5.74) is 2.38. The van der Waals surface area contributed by atoms with E-state index in [4.69, 9.17) is 0 Å². The second kappa shape index (κ2) is 7.23. The van der Waals surface area contributed by atoms with E-state index in [1.807, 2.05) is 0 Å². The van der Waals surface area contributed by atoms with Crippen molar-refractivity contribution in [2.24, 2.45) is 5.92 Å². The minimum absolute atomic E-state index is 0.190. The van der Waals surface area contributed by atoms with E-state index in [0.717, 1.165) is 12.1 Å². The van der Waals surface area contributed by atoms with Gasteiger partial charge in [-0.15, -0.1) is 5.10 Å². The largest absolute Gasteiger partial charge is 0.220 e. The molecular formula is C15H19N5S. The molecule has 0 unspecified atom stereocenters. The average Bonchev–Trinajstić information content (AvgIpc) is 2.87. The van der Waals surface area contributed by atoms with Crippen LogP contribution < -0.4 is 0 Å². The third-order valence-corrected chi connectivity index (χ3v) is 4.03. The Morgan fingerprint density at radius 2 is 2.00 bits per heavy atom. The molecular weight excluding hydrogens is 282 g/mol. The van der Waals surface area contributed by atoms with Gasteiger partial charge in [-0.2, -0.15) is 5.26 Å². The van der Waals surface area contributed by atoms with Crippen LogP contribution >= 0.6 is 11.8 Å². The summed E-state index contributed by atoms with van der Waals surface area (Å²) in [7, 11) is 0. The zero-order valence-corrected chi connectivity index (χ0v) is 13.3. The van der Waals surface area contributed by atoms with Crippen molar-refractivity contribution in [3.05, 3.63) is 35.4 Å². The summed E-state index contributed by atoms with van der Waals surface area (Å²) in [6.45, 7) is 7.05. The van der Waals surface area contributed by atoms with Crippen LogP contribution in [0.25, 0.3) is 0 Å². The third kappa shape index (κ3) is 4.57. The molecule has 1 atom stereocenters. The first-order valence-corrected chi connectivity index (χ1v) is 7.84. The molecule has 0 aliphatic heterocycles. The second-order valence-electron chi connectivity index (χ2n) is 5.46. The number of thioether (sulfide) groups is 1. The third-order valence-electron chi connectivity index (χ3n) is 2.97. The van der Waals surface area contributed by atoms with Crippen molar-refractivity contribution in [3.8, 4) is 6.07 Å². The van der Waals surface area contributed by atoms with Crippen molar-refractivity contribution in [1.29, 1.82) is 5.26 Å². The van der Waals surface area contributed by atoms with E-state index in [1.165, 1.54) is 17.3 Å². The van der Waals surface area contributed by atoms with Crippen molar-refractivity contribution in [2.75, 3.05) is 0 Å². The summed E-state index contributed by atoms with van der Waals surface area (Å²) in [5.74, 6) is 0.463. The Kier molecular flexibility index (Phi) is 5.34. The second-order valence-corrected chi connectivity index (χ2v) is 6.63. The van der Waals surface area contributed by atoms with Gasteiger partial charge in [0.25, 0.3) is 0 Å². The lowest BCUT2D eigenvalue weighted by Crippen LogP contribution is -2.11. The lowest BCUT2D eigenvalue weighted by Gasteiger charge is -2.10. The van der Waals surface area contributed by atoms with Crippen LogP contribution in [-0.4, -0.2) is 25.5 Å². The number of hydrogen-bond acceptors (Lipinski definition) is 5. The Morgan fingerprint density at radius 3 is 2.62 bits per heavy atom. The Bertz CT molecular complexity index is 612. The number of aryl methyl sites for hydroxylation is 1.